The van der Waals surface area contributed by atoms with E-state index in [0.29, 0.717) is 25.6 Å². The smallest absolute Gasteiger partial charge is 0.353 e. The van der Waals surface area contributed by atoms with Gasteiger partial charge in [-0.05, 0) is 26.7 Å². The topological polar surface area (TPSA) is 129 Å². The lowest BCUT2D eigenvalue weighted by molar-refractivity contribution is -0.383. The summed E-state index contributed by atoms with van der Waals surface area (Å²) in [6.07, 6.45) is 1.99. The Morgan fingerprint density at radius 1 is 1.36 bits per heavy atom. The molecule has 0 spiro atoms. The monoisotopic (exact) mass is 352 g/mol. The minimum absolute atomic E-state index is 0.0204. The number of morpholine rings is 1. The normalized spacial score (nSPS) is 26.6. The van der Waals surface area contributed by atoms with Gasteiger partial charge in [-0.25, -0.2) is 0 Å². The summed E-state index contributed by atoms with van der Waals surface area (Å²) in [5.74, 6) is 0.367. The van der Waals surface area contributed by atoms with Crippen LogP contribution < -0.4 is 16.0 Å². The summed E-state index contributed by atoms with van der Waals surface area (Å²) in [5.41, 5.74) is 5.57. The van der Waals surface area contributed by atoms with E-state index < -0.39 is 4.92 Å². The summed E-state index contributed by atoms with van der Waals surface area (Å²) >= 11 is 0. The predicted octanol–water partition coefficient (Wildman–Crippen LogP) is 1.17. The standard InChI is InChI=1S/C15H24N6O4/c1-9-7-20(8-10(2)25-9)15-18-13(16)12(21(22)23)14(19-15)17-6-11-4-3-5-24-11/h9-11H,3-8H2,1-2H3,(H3,16,17,18,19)/t9-,10-,11-/m0/s1. The fourth-order valence-electron chi connectivity index (χ4n) is 3.26. The van der Waals surface area contributed by atoms with Crippen LogP contribution in [0.15, 0.2) is 0 Å². The third-order valence-corrected chi connectivity index (χ3v) is 4.31. The number of nitro groups is 1. The van der Waals surface area contributed by atoms with Gasteiger partial charge in [0.05, 0.1) is 23.2 Å². The van der Waals surface area contributed by atoms with Crippen molar-refractivity contribution in [3.05, 3.63) is 10.1 Å². The molecule has 2 aliphatic rings. The van der Waals surface area contributed by atoms with E-state index in [4.69, 9.17) is 15.2 Å². The van der Waals surface area contributed by atoms with Crippen molar-refractivity contribution in [3.63, 3.8) is 0 Å². The zero-order valence-electron chi connectivity index (χ0n) is 14.5. The molecule has 3 atom stereocenters. The van der Waals surface area contributed by atoms with E-state index in [1.165, 1.54) is 0 Å². The molecule has 2 aliphatic heterocycles. The highest BCUT2D eigenvalue weighted by Gasteiger charge is 2.29. The summed E-state index contributed by atoms with van der Waals surface area (Å²) < 4.78 is 11.3. The summed E-state index contributed by atoms with van der Waals surface area (Å²) in [6, 6.07) is 0. The van der Waals surface area contributed by atoms with Gasteiger partial charge in [0.1, 0.15) is 0 Å². The molecule has 10 nitrogen and oxygen atoms in total. The van der Waals surface area contributed by atoms with Crippen LogP contribution in [0.3, 0.4) is 0 Å². The van der Waals surface area contributed by atoms with E-state index in [2.05, 4.69) is 15.3 Å². The molecule has 1 aromatic rings. The molecule has 0 aromatic carbocycles. The molecule has 0 radical (unpaired) electrons. The SMILES string of the molecule is C[C@H]1CN(c2nc(N)c([N+](=O)[O-])c(NC[C@@H]3CCCO3)n2)C[C@H](C)O1. The van der Waals surface area contributed by atoms with Gasteiger partial charge in [-0.3, -0.25) is 10.1 Å². The van der Waals surface area contributed by atoms with Crippen LogP contribution >= 0.6 is 0 Å². The van der Waals surface area contributed by atoms with Crippen LogP contribution in [0.1, 0.15) is 26.7 Å². The van der Waals surface area contributed by atoms with Crippen LogP contribution in [0.5, 0.6) is 0 Å². The first-order valence-corrected chi connectivity index (χ1v) is 8.51. The third kappa shape index (κ3) is 4.07. The average Bonchev–Trinajstić information content (AvgIpc) is 3.04. The van der Waals surface area contributed by atoms with E-state index >= 15 is 0 Å². The van der Waals surface area contributed by atoms with Crippen molar-refractivity contribution in [3.8, 4) is 0 Å². The van der Waals surface area contributed by atoms with Gasteiger partial charge < -0.3 is 25.4 Å². The van der Waals surface area contributed by atoms with Crippen LogP contribution in [0, 0.1) is 10.1 Å². The Bertz CT molecular complexity index is 627. The third-order valence-electron chi connectivity index (χ3n) is 4.31. The average molecular weight is 352 g/mol. The molecule has 0 bridgehead atoms. The molecule has 3 N–H and O–H groups in total. The zero-order chi connectivity index (χ0) is 18.0. The first-order valence-electron chi connectivity index (χ1n) is 8.51. The lowest BCUT2D eigenvalue weighted by atomic mass is 10.2. The Morgan fingerprint density at radius 2 is 2.08 bits per heavy atom. The maximum atomic E-state index is 11.4. The number of rotatable bonds is 5. The number of aromatic nitrogens is 2. The first-order chi connectivity index (χ1) is 11.9. The number of nitrogens with one attached hydrogen (secondary N) is 1. The van der Waals surface area contributed by atoms with Crippen molar-refractivity contribution in [1.29, 1.82) is 0 Å². The fourth-order valence-corrected chi connectivity index (χ4v) is 3.26. The number of nitrogens with zero attached hydrogens (tertiary/aromatic N) is 4. The van der Waals surface area contributed by atoms with Crippen LogP contribution in [0.25, 0.3) is 0 Å². The molecule has 3 rings (SSSR count). The summed E-state index contributed by atoms with van der Waals surface area (Å²) in [7, 11) is 0. The van der Waals surface area contributed by atoms with E-state index in [1.54, 1.807) is 0 Å². The quantitative estimate of drug-likeness (QED) is 0.592. The highest BCUT2D eigenvalue weighted by molar-refractivity contribution is 5.70. The van der Waals surface area contributed by atoms with Gasteiger partial charge in [0.25, 0.3) is 0 Å². The maximum absolute atomic E-state index is 11.4. The van der Waals surface area contributed by atoms with Crippen molar-refractivity contribution in [2.75, 3.05) is 42.2 Å². The van der Waals surface area contributed by atoms with Crippen LogP contribution in [0.4, 0.5) is 23.3 Å². The zero-order valence-corrected chi connectivity index (χ0v) is 14.5. The van der Waals surface area contributed by atoms with E-state index in [-0.39, 0.29) is 35.6 Å². The van der Waals surface area contributed by atoms with Gasteiger partial charge in [0.2, 0.25) is 17.6 Å². The van der Waals surface area contributed by atoms with E-state index in [1.807, 2.05) is 18.7 Å². The first kappa shape index (κ1) is 17.6. The highest BCUT2D eigenvalue weighted by atomic mass is 16.6. The maximum Gasteiger partial charge on any atom is 0.353 e. The number of hydrogen-bond acceptors (Lipinski definition) is 9. The van der Waals surface area contributed by atoms with Crippen molar-refractivity contribution in [2.45, 2.75) is 45.0 Å². The lowest BCUT2D eigenvalue weighted by Crippen LogP contribution is -2.46. The minimum Gasteiger partial charge on any atom is -0.378 e. The molecule has 3 heterocycles. The Hall–Kier alpha value is -2.20. The second kappa shape index (κ2) is 7.36. The van der Waals surface area contributed by atoms with Crippen molar-refractivity contribution in [1.82, 2.24) is 9.97 Å². The molecular weight excluding hydrogens is 328 g/mol. The molecular formula is C15H24N6O4. The molecule has 1 aromatic heterocycles. The van der Waals surface area contributed by atoms with Gasteiger partial charge in [-0.15, -0.1) is 0 Å². The molecule has 138 valence electrons. The molecule has 25 heavy (non-hydrogen) atoms. The molecule has 0 saturated carbocycles. The van der Waals surface area contributed by atoms with Crippen molar-refractivity contribution >= 4 is 23.3 Å². The Balaban J connectivity index is 1.85. The molecule has 0 aliphatic carbocycles. The van der Waals surface area contributed by atoms with Gasteiger partial charge in [0.15, 0.2) is 0 Å². The fraction of sp³-hybridized carbons (Fsp3) is 0.733. The molecule has 10 heteroatoms. The largest absolute Gasteiger partial charge is 0.378 e. The Labute approximate surface area is 145 Å². The predicted molar refractivity (Wildman–Crippen MR) is 92.8 cm³/mol. The summed E-state index contributed by atoms with van der Waals surface area (Å²) in [6.45, 7) is 6.31. The second-order valence-electron chi connectivity index (χ2n) is 6.54. The Morgan fingerprint density at radius 3 is 2.68 bits per heavy atom. The summed E-state index contributed by atoms with van der Waals surface area (Å²) in [5, 5.41) is 14.4. The van der Waals surface area contributed by atoms with Crippen molar-refractivity contribution < 1.29 is 14.4 Å². The van der Waals surface area contributed by atoms with Gasteiger partial charge in [-0.1, -0.05) is 0 Å². The molecule has 2 fully saturated rings. The van der Waals surface area contributed by atoms with E-state index in [0.717, 1.165) is 19.4 Å². The van der Waals surface area contributed by atoms with Gasteiger partial charge >= 0.3 is 5.69 Å². The number of anilines is 3. The molecule has 2 saturated heterocycles. The number of hydrogen-bond donors (Lipinski definition) is 2. The second-order valence-corrected chi connectivity index (χ2v) is 6.54. The minimum atomic E-state index is -0.554. The molecule has 0 unspecified atom stereocenters. The number of nitrogen functional groups attached to an aromatic ring is 1. The number of nitrogens with two attached hydrogens (primary N) is 1. The van der Waals surface area contributed by atoms with E-state index in [9.17, 15) is 10.1 Å². The van der Waals surface area contributed by atoms with Gasteiger partial charge in [0, 0.05) is 26.2 Å². The van der Waals surface area contributed by atoms with Crippen LogP contribution in [-0.2, 0) is 9.47 Å². The summed E-state index contributed by atoms with van der Waals surface area (Å²) in [4.78, 5) is 21.3. The van der Waals surface area contributed by atoms with Crippen molar-refractivity contribution in [2.24, 2.45) is 0 Å². The van der Waals surface area contributed by atoms with Crippen LogP contribution in [0.2, 0.25) is 0 Å². The highest BCUT2D eigenvalue weighted by Crippen LogP contribution is 2.31. The number of ether oxygens (including phenoxy) is 2. The Kier molecular flexibility index (Phi) is 5.19. The lowest BCUT2D eigenvalue weighted by Gasteiger charge is -2.35. The van der Waals surface area contributed by atoms with Gasteiger partial charge in [-0.2, -0.15) is 9.97 Å². The molecule has 0 amide bonds. The van der Waals surface area contributed by atoms with Crippen LogP contribution in [-0.4, -0.2) is 59.4 Å².